The summed E-state index contributed by atoms with van der Waals surface area (Å²) in [6.45, 7) is 7.24. The Hall–Kier alpha value is -1.23. The number of hydrogen-bond acceptors (Lipinski definition) is 4. The van der Waals surface area contributed by atoms with E-state index < -0.39 is 0 Å². The highest BCUT2D eigenvalue weighted by molar-refractivity contribution is 7.98. The average molecular weight is 390 g/mol. The summed E-state index contributed by atoms with van der Waals surface area (Å²) in [4.78, 5) is 4.62. The molecule has 0 spiro atoms. The predicted octanol–water partition coefficient (Wildman–Crippen LogP) is 4.92. The van der Waals surface area contributed by atoms with Crippen LogP contribution in [0.2, 0.25) is 5.02 Å². The summed E-state index contributed by atoms with van der Waals surface area (Å²) in [5, 5.41) is 7.79. The van der Waals surface area contributed by atoms with Gasteiger partial charge in [0.05, 0.1) is 22.9 Å². The molecule has 0 radical (unpaired) electrons. The SMILES string of the molecule is CC(C)CSCc1ccc(CNc2c(Cl)ccc3c2CCNCC3)nc1. The largest absolute Gasteiger partial charge is 0.378 e. The van der Waals surface area contributed by atoms with Gasteiger partial charge in [0.25, 0.3) is 0 Å². The van der Waals surface area contributed by atoms with Gasteiger partial charge in [-0.05, 0) is 66.4 Å². The van der Waals surface area contributed by atoms with Gasteiger partial charge in [-0.25, -0.2) is 0 Å². The van der Waals surface area contributed by atoms with Crippen molar-refractivity contribution in [3.8, 4) is 0 Å². The lowest BCUT2D eigenvalue weighted by Gasteiger charge is -2.16. The number of pyridine rings is 1. The number of aromatic nitrogens is 1. The van der Waals surface area contributed by atoms with Crippen molar-refractivity contribution < 1.29 is 0 Å². The van der Waals surface area contributed by atoms with Crippen LogP contribution in [0.25, 0.3) is 0 Å². The minimum absolute atomic E-state index is 0.697. The van der Waals surface area contributed by atoms with E-state index in [1.807, 2.05) is 24.0 Å². The van der Waals surface area contributed by atoms with Crippen LogP contribution in [0.15, 0.2) is 30.5 Å². The molecule has 140 valence electrons. The second-order valence-electron chi connectivity index (χ2n) is 7.23. The van der Waals surface area contributed by atoms with Crippen LogP contribution in [0, 0.1) is 5.92 Å². The first-order chi connectivity index (χ1) is 12.6. The van der Waals surface area contributed by atoms with Crippen LogP contribution in [0.4, 0.5) is 5.69 Å². The van der Waals surface area contributed by atoms with Crippen LogP contribution in [-0.2, 0) is 25.1 Å². The number of halogens is 1. The third kappa shape index (κ3) is 5.38. The summed E-state index contributed by atoms with van der Waals surface area (Å²) in [6, 6.07) is 8.48. The van der Waals surface area contributed by atoms with Gasteiger partial charge in [0, 0.05) is 11.9 Å². The molecular formula is C21H28ClN3S. The summed E-state index contributed by atoms with van der Waals surface area (Å²) in [5.41, 5.74) is 6.16. The second kappa shape index (κ2) is 9.63. The molecule has 0 saturated heterocycles. The Morgan fingerprint density at radius 3 is 2.81 bits per heavy atom. The van der Waals surface area contributed by atoms with Gasteiger partial charge in [-0.3, -0.25) is 4.98 Å². The molecule has 3 nitrogen and oxygen atoms in total. The van der Waals surface area contributed by atoms with Crippen molar-refractivity contribution in [2.75, 3.05) is 24.2 Å². The van der Waals surface area contributed by atoms with Gasteiger partial charge in [0.2, 0.25) is 0 Å². The summed E-state index contributed by atoms with van der Waals surface area (Å²) >= 11 is 8.45. The van der Waals surface area contributed by atoms with Crippen LogP contribution < -0.4 is 10.6 Å². The van der Waals surface area contributed by atoms with Crippen molar-refractivity contribution in [2.45, 2.75) is 39.0 Å². The molecule has 2 heterocycles. The second-order valence-corrected chi connectivity index (χ2v) is 8.67. The maximum atomic E-state index is 6.48. The van der Waals surface area contributed by atoms with Gasteiger partial charge in [-0.2, -0.15) is 11.8 Å². The molecule has 0 atom stereocenters. The van der Waals surface area contributed by atoms with E-state index in [2.05, 4.69) is 47.7 Å². The molecule has 0 saturated carbocycles. The molecule has 0 amide bonds. The maximum Gasteiger partial charge on any atom is 0.0640 e. The van der Waals surface area contributed by atoms with Crippen LogP contribution in [0.1, 0.15) is 36.2 Å². The van der Waals surface area contributed by atoms with Crippen molar-refractivity contribution in [1.29, 1.82) is 0 Å². The molecule has 1 aromatic carbocycles. The highest BCUT2D eigenvalue weighted by Crippen LogP contribution is 2.31. The third-order valence-corrected chi connectivity index (χ3v) is 6.29. The molecule has 0 aliphatic carbocycles. The minimum Gasteiger partial charge on any atom is -0.378 e. The van der Waals surface area contributed by atoms with E-state index in [-0.39, 0.29) is 0 Å². The van der Waals surface area contributed by atoms with Crippen molar-refractivity contribution >= 4 is 29.1 Å². The number of anilines is 1. The number of fused-ring (bicyclic) bond motifs is 1. The number of nitrogens with one attached hydrogen (secondary N) is 2. The van der Waals surface area contributed by atoms with E-state index in [0.717, 1.165) is 54.0 Å². The van der Waals surface area contributed by atoms with Gasteiger partial charge in [0.1, 0.15) is 0 Å². The molecule has 1 aliphatic rings. The standard InChI is InChI=1S/C21H28ClN3S/c1-15(2)13-26-14-16-3-5-18(24-11-16)12-25-21-19-8-10-23-9-7-17(19)4-6-20(21)22/h3-6,11,15,23,25H,7-10,12-14H2,1-2H3. The zero-order valence-electron chi connectivity index (χ0n) is 15.6. The molecule has 5 heteroatoms. The molecule has 3 rings (SSSR count). The van der Waals surface area contributed by atoms with Crippen LogP contribution in [0.3, 0.4) is 0 Å². The van der Waals surface area contributed by atoms with E-state index in [0.29, 0.717) is 6.54 Å². The van der Waals surface area contributed by atoms with Crippen molar-refractivity contribution in [3.63, 3.8) is 0 Å². The van der Waals surface area contributed by atoms with Crippen LogP contribution >= 0.6 is 23.4 Å². The van der Waals surface area contributed by atoms with E-state index in [1.54, 1.807) is 0 Å². The predicted molar refractivity (Wildman–Crippen MR) is 114 cm³/mol. The van der Waals surface area contributed by atoms with Crippen LogP contribution in [-0.4, -0.2) is 23.8 Å². The minimum atomic E-state index is 0.697. The Bertz CT molecular complexity index is 716. The molecule has 0 fully saturated rings. The number of thioether (sulfide) groups is 1. The number of hydrogen-bond donors (Lipinski definition) is 2. The molecule has 26 heavy (non-hydrogen) atoms. The molecule has 0 bridgehead atoms. The summed E-state index contributed by atoms with van der Waals surface area (Å²) < 4.78 is 0. The first kappa shape index (κ1) is 19.5. The topological polar surface area (TPSA) is 37.0 Å². The smallest absolute Gasteiger partial charge is 0.0640 e. The Kier molecular flexibility index (Phi) is 7.23. The summed E-state index contributed by atoms with van der Waals surface area (Å²) in [6.07, 6.45) is 4.07. The normalized spacial score (nSPS) is 14.2. The molecule has 2 N–H and O–H groups in total. The Labute approximate surface area is 166 Å². The first-order valence-electron chi connectivity index (χ1n) is 9.40. The zero-order chi connectivity index (χ0) is 18.4. The summed E-state index contributed by atoms with van der Waals surface area (Å²) in [5.74, 6) is 2.96. The van der Waals surface area contributed by atoms with Crippen molar-refractivity contribution in [2.24, 2.45) is 5.92 Å². The molecule has 2 aromatic rings. The highest BCUT2D eigenvalue weighted by Gasteiger charge is 2.14. The monoisotopic (exact) mass is 389 g/mol. The quantitative estimate of drug-likeness (QED) is 0.704. The molecule has 1 aliphatic heterocycles. The fraction of sp³-hybridized carbons (Fsp3) is 0.476. The van der Waals surface area contributed by atoms with Gasteiger partial charge in [-0.15, -0.1) is 0 Å². The van der Waals surface area contributed by atoms with Gasteiger partial charge in [0.15, 0.2) is 0 Å². The average Bonchev–Trinajstić information content (AvgIpc) is 2.87. The fourth-order valence-corrected chi connectivity index (χ4v) is 4.41. The lowest BCUT2D eigenvalue weighted by molar-refractivity contribution is 0.711. The maximum absolute atomic E-state index is 6.48. The molecule has 0 unspecified atom stereocenters. The Balaban J connectivity index is 1.62. The van der Waals surface area contributed by atoms with Gasteiger partial charge in [-0.1, -0.05) is 37.6 Å². The number of nitrogens with zero attached hydrogens (tertiary/aromatic N) is 1. The molecular weight excluding hydrogens is 362 g/mol. The Morgan fingerprint density at radius 2 is 2.04 bits per heavy atom. The van der Waals surface area contributed by atoms with E-state index in [9.17, 15) is 0 Å². The van der Waals surface area contributed by atoms with Gasteiger partial charge >= 0.3 is 0 Å². The first-order valence-corrected chi connectivity index (χ1v) is 10.9. The van der Waals surface area contributed by atoms with Gasteiger partial charge < -0.3 is 10.6 Å². The number of benzene rings is 1. The van der Waals surface area contributed by atoms with E-state index in [4.69, 9.17) is 11.6 Å². The third-order valence-electron chi connectivity index (χ3n) is 4.53. The van der Waals surface area contributed by atoms with Crippen molar-refractivity contribution in [1.82, 2.24) is 10.3 Å². The van der Waals surface area contributed by atoms with Crippen molar-refractivity contribution in [3.05, 3.63) is 57.9 Å². The molecule has 1 aromatic heterocycles. The lowest BCUT2D eigenvalue weighted by atomic mass is 10.0. The Morgan fingerprint density at radius 1 is 1.19 bits per heavy atom. The van der Waals surface area contributed by atoms with E-state index >= 15 is 0 Å². The van der Waals surface area contributed by atoms with E-state index in [1.165, 1.54) is 22.4 Å². The number of rotatable bonds is 7. The fourth-order valence-electron chi connectivity index (χ4n) is 3.17. The lowest BCUT2D eigenvalue weighted by Crippen LogP contribution is -2.16. The zero-order valence-corrected chi connectivity index (χ0v) is 17.2. The van der Waals surface area contributed by atoms with Crippen LogP contribution in [0.5, 0.6) is 0 Å². The summed E-state index contributed by atoms with van der Waals surface area (Å²) in [7, 11) is 0. The highest BCUT2D eigenvalue weighted by atomic mass is 35.5.